The second kappa shape index (κ2) is 10.3. The molecule has 0 spiro atoms. The van der Waals surface area contributed by atoms with Gasteiger partial charge in [0.05, 0.1) is 15.9 Å². The average Bonchev–Trinajstić information content (AvgIpc) is 2.52. The first-order valence-electron chi connectivity index (χ1n) is 9.69. The molecular weight excluding hydrogens is 376 g/mol. The number of nitrogens with zero attached hydrogens (tertiary/aromatic N) is 3. The zero-order valence-corrected chi connectivity index (χ0v) is 18.6. The molecule has 9 heteroatoms. The number of hydrogen-bond acceptors (Lipinski definition) is 6. The SMILES string of the molecule is CC(C)C[Si](C=NNc1ccc([N+](=O)[O-])cc1[N+](=O)[O-])(CC(C)C)CC(C)C. The number of nitro benzene ring substituents is 2. The van der Waals surface area contributed by atoms with Crippen molar-refractivity contribution in [3.63, 3.8) is 0 Å². The maximum Gasteiger partial charge on any atom is 0.301 e. The topological polar surface area (TPSA) is 111 Å². The molecule has 0 saturated carbocycles. The molecule has 156 valence electrons. The number of anilines is 1. The van der Waals surface area contributed by atoms with Gasteiger partial charge in [-0.1, -0.05) is 41.5 Å². The van der Waals surface area contributed by atoms with Gasteiger partial charge in [-0.25, -0.2) is 0 Å². The molecule has 0 unspecified atom stereocenters. The molecule has 0 heterocycles. The van der Waals surface area contributed by atoms with Crippen molar-refractivity contribution in [1.82, 2.24) is 0 Å². The quantitative estimate of drug-likeness (QED) is 0.213. The van der Waals surface area contributed by atoms with Crippen molar-refractivity contribution in [3.05, 3.63) is 38.4 Å². The van der Waals surface area contributed by atoms with Gasteiger partial charge in [0, 0.05) is 11.9 Å². The van der Waals surface area contributed by atoms with E-state index in [0.717, 1.165) is 24.2 Å². The predicted molar refractivity (Wildman–Crippen MR) is 117 cm³/mol. The third-order valence-electron chi connectivity index (χ3n) is 4.36. The number of rotatable bonds is 11. The molecule has 0 saturated heterocycles. The molecule has 0 atom stereocenters. The Balaban J connectivity index is 3.19. The highest BCUT2D eigenvalue weighted by atomic mass is 28.3. The summed E-state index contributed by atoms with van der Waals surface area (Å²) in [7, 11) is -1.84. The van der Waals surface area contributed by atoms with E-state index in [9.17, 15) is 20.2 Å². The molecule has 28 heavy (non-hydrogen) atoms. The molecule has 1 N–H and O–H groups in total. The number of non-ortho nitro benzene ring substituents is 1. The molecule has 0 radical (unpaired) electrons. The van der Waals surface area contributed by atoms with Crippen molar-refractivity contribution < 1.29 is 9.85 Å². The van der Waals surface area contributed by atoms with E-state index in [1.54, 1.807) is 0 Å². The van der Waals surface area contributed by atoms with Gasteiger partial charge in [0.15, 0.2) is 0 Å². The fourth-order valence-electron chi connectivity index (χ4n) is 3.97. The fourth-order valence-corrected chi connectivity index (χ4v) is 10.00. The van der Waals surface area contributed by atoms with Crippen LogP contribution in [0.15, 0.2) is 23.3 Å². The third-order valence-corrected chi connectivity index (χ3v) is 9.92. The Morgan fingerprint density at radius 2 is 1.46 bits per heavy atom. The molecule has 8 nitrogen and oxygen atoms in total. The van der Waals surface area contributed by atoms with Crippen LogP contribution in [0.25, 0.3) is 0 Å². The van der Waals surface area contributed by atoms with E-state index in [1.165, 1.54) is 12.1 Å². The largest absolute Gasteiger partial charge is 0.301 e. The molecule has 0 bridgehead atoms. The van der Waals surface area contributed by atoms with E-state index in [1.807, 2.05) is 5.84 Å². The zero-order valence-electron chi connectivity index (χ0n) is 17.6. The van der Waals surface area contributed by atoms with Gasteiger partial charge in [0.2, 0.25) is 0 Å². The normalized spacial score (nSPS) is 12.3. The highest BCUT2D eigenvalue weighted by molar-refractivity contribution is 7.02. The molecule has 0 fully saturated rings. The van der Waals surface area contributed by atoms with E-state index in [2.05, 4.69) is 52.1 Å². The van der Waals surface area contributed by atoms with Gasteiger partial charge in [0.1, 0.15) is 13.8 Å². The number of benzene rings is 1. The smallest absolute Gasteiger partial charge is 0.272 e. The Labute approximate surface area is 167 Å². The number of nitrogens with one attached hydrogen (secondary N) is 1. The van der Waals surface area contributed by atoms with Crippen LogP contribution in [-0.4, -0.2) is 23.8 Å². The molecule has 0 amide bonds. The number of hydrazone groups is 1. The lowest BCUT2D eigenvalue weighted by atomic mass is 10.2. The Morgan fingerprint density at radius 3 is 1.86 bits per heavy atom. The van der Waals surface area contributed by atoms with E-state index in [4.69, 9.17) is 0 Å². The van der Waals surface area contributed by atoms with Crippen LogP contribution in [0, 0.1) is 38.0 Å². The van der Waals surface area contributed by atoms with Crippen molar-refractivity contribution in [2.45, 2.75) is 59.7 Å². The molecule has 0 aliphatic heterocycles. The third kappa shape index (κ3) is 7.38. The summed E-state index contributed by atoms with van der Waals surface area (Å²) < 4.78 is 0. The minimum absolute atomic E-state index is 0.161. The van der Waals surface area contributed by atoms with Crippen molar-refractivity contribution in [2.75, 3.05) is 5.43 Å². The molecule has 0 aromatic heterocycles. The summed E-state index contributed by atoms with van der Waals surface area (Å²) in [5.41, 5.74) is 2.27. The van der Waals surface area contributed by atoms with Crippen LogP contribution >= 0.6 is 0 Å². The minimum Gasteiger partial charge on any atom is -0.272 e. The van der Waals surface area contributed by atoms with Crippen LogP contribution in [0.1, 0.15) is 41.5 Å². The Morgan fingerprint density at radius 1 is 0.964 bits per heavy atom. The summed E-state index contributed by atoms with van der Waals surface area (Å²) in [4.78, 5) is 20.9. The first-order valence-corrected chi connectivity index (χ1v) is 12.4. The van der Waals surface area contributed by atoms with Crippen molar-refractivity contribution in [1.29, 1.82) is 0 Å². The van der Waals surface area contributed by atoms with Crippen LogP contribution < -0.4 is 5.43 Å². The van der Waals surface area contributed by atoms with Crippen molar-refractivity contribution in [3.8, 4) is 0 Å². The molecule has 1 rings (SSSR count). The van der Waals surface area contributed by atoms with Crippen molar-refractivity contribution in [2.24, 2.45) is 22.9 Å². The van der Waals surface area contributed by atoms with Gasteiger partial charge in [0.25, 0.3) is 5.69 Å². The zero-order chi connectivity index (χ0) is 21.5. The van der Waals surface area contributed by atoms with Crippen molar-refractivity contribution >= 4 is 31.0 Å². The monoisotopic (exact) mass is 408 g/mol. The maximum absolute atomic E-state index is 11.3. The molecule has 0 aliphatic carbocycles. The van der Waals surface area contributed by atoms with Gasteiger partial charge in [-0.15, -0.1) is 0 Å². The maximum atomic E-state index is 11.3. The van der Waals surface area contributed by atoms with Crippen LogP contribution in [-0.2, 0) is 0 Å². The van der Waals surface area contributed by atoms with Crippen LogP contribution in [0.3, 0.4) is 0 Å². The fraction of sp³-hybridized carbons (Fsp3) is 0.632. The summed E-state index contributed by atoms with van der Waals surface area (Å²) in [5.74, 6) is 3.66. The molecule has 1 aromatic carbocycles. The summed E-state index contributed by atoms with van der Waals surface area (Å²) >= 11 is 0. The van der Waals surface area contributed by atoms with E-state index in [-0.39, 0.29) is 17.1 Å². The standard InChI is InChI=1S/C19H32N4O4Si/c1-14(2)10-28(11-15(3)4,12-16(5)6)13-20-21-18-8-7-17(22(24)25)9-19(18)23(26)27/h7-9,13-16,21H,10-12H2,1-6H3. The minimum atomic E-state index is -1.84. The first-order chi connectivity index (χ1) is 13.0. The average molecular weight is 409 g/mol. The highest BCUT2D eigenvalue weighted by Gasteiger charge is 2.34. The Bertz CT molecular complexity index is 693. The summed E-state index contributed by atoms with van der Waals surface area (Å²) in [6.07, 6.45) is 0. The lowest BCUT2D eigenvalue weighted by molar-refractivity contribution is -0.393. The number of hydrogen-bond donors (Lipinski definition) is 1. The second-order valence-electron chi connectivity index (χ2n) is 8.74. The first kappa shape index (κ1) is 23.7. The van der Waals surface area contributed by atoms with Gasteiger partial charge in [-0.3, -0.25) is 25.7 Å². The van der Waals surface area contributed by atoms with Gasteiger partial charge in [-0.05, 0) is 42.0 Å². The van der Waals surface area contributed by atoms with E-state index in [0.29, 0.717) is 17.8 Å². The summed E-state index contributed by atoms with van der Waals surface area (Å²) in [6.45, 7) is 13.3. The highest BCUT2D eigenvalue weighted by Crippen LogP contribution is 2.32. The Kier molecular flexibility index (Phi) is 8.74. The predicted octanol–water partition coefficient (Wildman–Crippen LogP) is 5.86. The lowest BCUT2D eigenvalue weighted by Crippen LogP contribution is -2.41. The van der Waals surface area contributed by atoms with Crippen LogP contribution in [0.4, 0.5) is 17.1 Å². The van der Waals surface area contributed by atoms with Gasteiger partial charge < -0.3 is 0 Å². The molecular formula is C19H32N4O4Si. The van der Waals surface area contributed by atoms with E-state index >= 15 is 0 Å². The van der Waals surface area contributed by atoms with Crippen LogP contribution in [0.2, 0.25) is 18.1 Å². The lowest BCUT2D eigenvalue weighted by Gasteiger charge is -2.32. The van der Waals surface area contributed by atoms with Gasteiger partial charge in [-0.2, -0.15) is 5.10 Å². The summed E-state index contributed by atoms with van der Waals surface area (Å²) in [5, 5.41) is 26.6. The second-order valence-corrected chi connectivity index (χ2v) is 12.9. The van der Waals surface area contributed by atoms with Gasteiger partial charge >= 0.3 is 5.69 Å². The van der Waals surface area contributed by atoms with Crippen LogP contribution in [0.5, 0.6) is 0 Å². The molecule has 0 aliphatic rings. The Hall–Kier alpha value is -2.29. The number of nitro groups is 2. The summed E-state index contributed by atoms with van der Waals surface area (Å²) in [6, 6.07) is 6.86. The molecule has 1 aromatic rings. The van der Waals surface area contributed by atoms with E-state index < -0.39 is 17.9 Å².